The van der Waals surface area contributed by atoms with Crippen molar-refractivity contribution in [2.45, 2.75) is 11.8 Å². The van der Waals surface area contributed by atoms with Crippen LogP contribution in [0.1, 0.15) is 6.92 Å². The Labute approximate surface area is 171 Å². The van der Waals surface area contributed by atoms with E-state index < -0.39 is 10.0 Å². The molecule has 2 aromatic carbocycles. The zero-order valence-corrected chi connectivity index (χ0v) is 17.3. The number of halogens is 1. The van der Waals surface area contributed by atoms with Gasteiger partial charge in [0.05, 0.1) is 16.0 Å². The van der Waals surface area contributed by atoms with Crippen molar-refractivity contribution >= 4 is 49.1 Å². The van der Waals surface area contributed by atoms with Gasteiger partial charge >= 0.3 is 0 Å². The first kappa shape index (κ1) is 20.1. The highest BCUT2D eigenvalue weighted by molar-refractivity contribution is 9.10. The summed E-state index contributed by atoms with van der Waals surface area (Å²) in [5.41, 5.74) is 1.32. The number of sulfonamides is 1. The van der Waals surface area contributed by atoms with E-state index in [-0.39, 0.29) is 4.90 Å². The monoisotopic (exact) mass is 463 g/mol. The van der Waals surface area contributed by atoms with Crippen LogP contribution in [0.2, 0.25) is 0 Å². The molecule has 0 fully saturated rings. The lowest BCUT2D eigenvalue weighted by atomic mass is 10.3. The first-order valence-electron chi connectivity index (χ1n) is 8.27. The Bertz CT molecular complexity index is 1070. The van der Waals surface area contributed by atoms with Crippen LogP contribution in [0.15, 0.2) is 64.1 Å². The summed E-state index contributed by atoms with van der Waals surface area (Å²) in [5.74, 6) is 1.62. The topological polar surface area (TPSA) is 119 Å². The molecular weight excluding hydrogens is 446 g/mol. The Morgan fingerprint density at radius 1 is 1.11 bits per heavy atom. The minimum absolute atomic E-state index is 0.00217. The molecule has 0 amide bonds. The molecular formula is C18H18BrN5O3S. The highest BCUT2D eigenvalue weighted by atomic mass is 79.9. The Kier molecular flexibility index (Phi) is 6.12. The molecule has 28 heavy (non-hydrogen) atoms. The fourth-order valence-corrected chi connectivity index (χ4v) is 3.18. The van der Waals surface area contributed by atoms with Gasteiger partial charge in [0, 0.05) is 17.6 Å². The average molecular weight is 464 g/mol. The molecule has 3 aromatic rings. The van der Waals surface area contributed by atoms with Crippen LogP contribution in [0.3, 0.4) is 0 Å². The van der Waals surface area contributed by atoms with Crippen LogP contribution in [0, 0.1) is 0 Å². The fraction of sp³-hybridized carbons (Fsp3) is 0.111. The lowest BCUT2D eigenvalue weighted by Crippen LogP contribution is -2.12. The molecule has 0 saturated heterocycles. The molecule has 1 aromatic heterocycles. The Balaban J connectivity index is 1.80. The van der Waals surface area contributed by atoms with Crippen molar-refractivity contribution in [2.75, 3.05) is 17.2 Å². The third-order valence-electron chi connectivity index (χ3n) is 3.59. The maximum Gasteiger partial charge on any atom is 0.238 e. The number of nitrogens with two attached hydrogens (primary N) is 1. The molecule has 0 unspecified atom stereocenters. The second-order valence-corrected chi connectivity index (χ2v) is 8.09. The lowest BCUT2D eigenvalue weighted by molar-refractivity contribution is 0.340. The van der Waals surface area contributed by atoms with Gasteiger partial charge in [-0.05, 0) is 65.3 Å². The third-order valence-corrected chi connectivity index (χ3v) is 5.08. The summed E-state index contributed by atoms with van der Waals surface area (Å²) < 4.78 is 29.1. The summed E-state index contributed by atoms with van der Waals surface area (Å²) in [7, 11) is -3.79. The number of anilines is 4. The summed E-state index contributed by atoms with van der Waals surface area (Å²) in [6, 6.07) is 13.6. The van der Waals surface area contributed by atoms with E-state index in [1.54, 1.807) is 18.3 Å². The van der Waals surface area contributed by atoms with Crippen molar-refractivity contribution in [3.8, 4) is 5.75 Å². The van der Waals surface area contributed by atoms with Crippen molar-refractivity contribution in [2.24, 2.45) is 5.14 Å². The van der Waals surface area contributed by atoms with Crippen molar-refractivity contribution in [3.05, 3.63) is 59.2 Å². The molecule has 0 radical (unpaired) electrons. The van der Waals surface area contributed by atoms with E-state index in [9.17, 15) is 8.42 Å². The largest absolute Gasteiger partial charge is 0.494 e. The Morgan fingerprint density at radius 2 is 1.86 bits per heavy atom. The molecule has 0 bridgehead atoms. The zero-order chi connectivity index (χ0) is 20.1. The molecule has 10 heteroatoms. The Morgan fingerprint density at radius 3 is 2.54 bits per heavy atom. The number of rotatable bonds is 7. The number of hydrogen-bond acceptors (Lipinski definition) is 7. The maximum atomic E-state index is 11.5. The second kappa shape index (κ2) is 8.55. The van der Waals surface area contributed by atoms with Gasteiger partial charge in [-0.3, -0.25) is 0 Å². The summed E-state index contributed by atoms with van der Waals surface area (Å²) >= 11 is 3.41. The molecule has 0 aliphatic carbocycles. The zero-order valence-electron chi connectivity index (χ0n) is 14.9. The SMILES string of the molecule is CCOc1ccc(Nc2nc(Nc3cccc(S(N)(=O)=O)c3)ncc2Br)cc1. The van der Waals surface area contributed by atoms with Crippen molar-refractivity contribution in [1.29, 1.82) is 0 Å². The van der Waals surface area contributed by atoms with Crippen LogP contribution in [0.4, 0.5) is 23.1 Å². The molecule has 0 aliphatic rings. The summed E-state index contributed by atoms with van der Waals surface area (Å²) in [6.07, 6.45) is 1.59. The van der Waals surface area contributed by atoms with Crippen LogP contribution in [0.5, 0.6) is 5.75 Å². The normalized spacial score (nSPS) is 11.1. The van der Waals surface area contributed by atoms with Crippen LogP contribution in [-0.2, 0) is 10.0 Å². The first-order valence-corrected chi connectivity index (χ1v) is 10.6. The number of nitrogens with zero attached hydrogens (tertiary/aromatic N) is 2. The van der Waals surface area contributed by atoms with Gasteiger partial charge < -0.3 is 15.4 Å². The highest BCUT2D eigenvalue weighted by Crippen LogP contribution is 2.26. The number of primary sulfonamides is 1. The van der Waals surface area contributed by atoms with Crippen molar-refractivity contribution in [3.63, 3.8) is 0 Å². The van der Waals surface area contributed by atoms with Gasteiger partial charge in [-0.1, -0.05) is 6.07 Å². The molecule has 4 N–H and O–H groups in total. The highest BCUT2D eigenvalue weighted by Gasteiger charge is 2.10. The van der Waals surface area contributed by atoms with Crippen LogP contribution >= 0.6 is 15.9 Å². The molecule has 0 aliphatic heterocycles. The van der Waals surface area contributed by atoms with Gasteiger partial charge in [-0.2, -0.15) is 4.98 Å². The minimum atomic E-state index is -3.79. The van der Waals surface area contributed by atoms with Gasteiger partial charge in [0.25, 0.3) is 0 Å². The van der Waals surface area contributed by atoms with Crippen molar-refractivity contribution in [1.82, 2.24) is 9.97 Å². The van der Waals surface area contributed by atoms with E-state index >= 15 is 0 Å². The lowest BCUT2D eigenvalue weighted by Gasteiger charge is -2.11. The third kappa shape index (κ3) is 5.18. The average Bonchev–Trinajstić information content (AvgIpc) is 2.66. The number of ether oxygens (including phenoxy) is 1. The van der Waals surface area contributed by atoms with Crippen LogP contribution in [-0.4, -0.2) is 25.0 Å². The van der Waals surface area contributed by atoms with E-state index in [2.05, 4.69) is 36.5 Å². The van der Waals surface area contributed by atoms with Crippen LogP contribution in [0.25, 0.3) is 0 Å². The number of benzene rings is 2. The predicted octanol–water partition coefficient (Wildman–Crippen LogP) is 3.77. The molecule has 0 spiro atoms. The van der Waals surface area contributed by atoms with Gasteiger partial charge in [-0.25, -0.2) is 18.5 Å². The summed E-state index contributed by atoms with van der Waals surface area (Å²) in [5, 5.41) is 11.3. The van der Waals surface area contributed by atoms with Crippen LogP contribution < -0.4 is 20.5 Å². The maximum absolute atomic E-state index is 11.5. The quantitative estimate of drug-likeness (QED) is 0.487. The molecule has 3 rings (SSSR count). The van der Waals surface area contributed by atoms with E-state index in [0.717, 1.165) is 11.4 Å². The molecule has 0 atom stereocenters. The minimum Gasteiger partial charge on any atom is -0.494 e. The van der Waals surface area contributed by atoms with E-state index in [0.29, 0.717) is 28.5 Å². The van der Waals surface area contributed by atoms with Gasteiger partial charge in [0.2, 0.25) is 16.0 Å². The second-order valence-electron chi connectivity index (χ2n) is 5.67. The molecule has 0 saturated carbocycles. The molecule has 8 nitrogen and oxygen atoms in total. The summed E-state index contributed by atoms with van der Waals surface area (Å²) in [6.45, 7) is 2.53. The summed E-state index contributed by atoms with van der Waals surface area (Å²) in [4.78, 5) is 8.62. The predicted molar refractivity (Wildman–Crippen MR) is 112 cm³/mol. The molecule has 146 valence electrons. The van der Waals surface area contributed by atoms with Gasteiger partial charge in [-0.15, -0.1) is 0 Å². The van der Waals surface area contributed by atoms with Gasteiger partial charge in [0.15, 0.2) is 0 Å². The standard InChI is InChI=1S/C18H18BrN5O3S/c1-2-27-14-8-6-12(7-9-14)22-17-16(19)11-21-18(24-17)23-13-4-3-5-15(10-13)28(20,25)26/h3-11H,2H2,1H3,(H2,20,25,26)(H2,21,22,23,24). The number of hydrogen-bond donors (Lipinski definition) is 3. The van der Waals surface area contributed by atoms with Gasteiger partial charge in [0.1, 0.15) is 11.6 Å². The van der Waals surface area contributed by atoms with E-state index in [1.807, 2.05) is 31.2 Å². The van der Waals surface area contributed by atoms with E-state index in [4.69, 9.17) is 9.88 Å². The number of nitrogens with one attached hydrogen (secondary N) is 2. The number of aromatic nitrogens is 2. The smallest absolute Gasteiger partial charge is 0.238 e. The Hall–Kier alpha value is -2.69. The first-order chi connectivity index (χ1) is 13.3. The van der Waals surface area contributed by atoms with E-state index in [1.165, 1.54) is 12.1 Å². The molecule has 1 heterocycles. The van der Waals surface area contributed by atoms with Crippen molar-refractivity contribution < 1.29 is 13.2 Å². The fourth-order valence-electron chi connectivity index (χ4n) is 2.33.